The molecule has 0 aliphatic heterocycles. The molecule has 0 bridgehead atoms. The number of aromatic nitrogens is 1. The summed E-state index contributed by atoms with van der Waals surface area (Å²) < 4.78 is 40.7. The van der Waals surface area contributed by atoms with E-state index in [2.05, 4.69) is 42.2 Å². The minimum atomic E-state index is -1.26. The van der Waals surface area contributed by atoms with Gasteiger partial charge in [0.05, 0.1) is 10.2 Å². The molecule has 0 fully saturated rings. The second-order valence-electron chi connectivity index (χ2n) is 3.36. The average molecular weight is 382 g/mol. The van der Waals surface area contributed by atoms with E-state index in [-0.39, 0.29) is 11.5 Å². The highest BCUT2D eigenvalue weighted by Crippen LogP contribution is 2.28. The highest BCUT2D eigenvalue weighted by molar-refractivity contribution is 9.11. The summed E-state index contributed by atoms with van der Waals surface area (Å²) in [6.07, 6.45) is 1.47. The van der Waals surface area contributed by atoms with Crippen LogP contribution in [0.3, 0.4) is 0 Å². The molecule has 0 saturated heterocycles. The zero-order chi connectivity index (χ0) is 13.3. The van der Waals surface area contributed by atoms with Crippen molar-refractivity contribution in [1.82, 2.24) is 4.98 Å². The van der Waals surface area contributed by atoms with Gasteiger partial charge in [-0.2, -0.15) is 0 Å². The summed E-state index contributed by atoms with van der Waals surface area (Å²) in [6.45, 7) is 0. The lowest BCUT2D eigenvalue weighted by atomic mass is 10.2. The molecule has 0 aliphatic rings. The Morgan fingerprint density at radius 2 is 1.78 bits per heavy atom. The third kappa shape index (κ3) is 2.84. The molecular weight excluding hydrogens is 377 g/mol. The molecule has 1 N–H and O–H groups in total. The maximum Gasteiger partial charge on any atom is 0.182 e. The highest BCUT2D eigenvalue weighted by Gasteiger charge is 2.12. The predicted molar refractivity (Wildman–Crippen MR) is 69.2 cm³/mol. The molecule has 0 unspecified atom stereocenters. The van der Waals surface area contributed by atoms with E-state index in [4.69, 9.17) is 0 Å². The van der Waals surface area contributed by atoms with E-state index in [9.17, 15) is 13.2 Å². The van der Waals surface area contributed by atoms with E-state index in [0.717, 1.165) is 6.07 Å². The van der Waals surface area contributed by atoms with Gasteiger partial charge >= 0.3 is 0 Å². The van der Waals surface area contributed by atoms with Crippen molar-refractivity contribution in [2.24, 2.45) is 0 Å². The van der Waals surface area contributed by atoms with Crippen LogP contribution in [0.1, 0.15) is 0 Å². The lowest BCUT2D eigenvalue weighted by molar-refractivity contribution is 0.498. The number of halogens is 5. The van der Waals surface area contributed by atoms with Crippen LogP contribution in [0.25, 0.3) is 0 Å². The second kappa shape index (κ2) is 5.27. The van der Waals surface area contributed by atoms with Crippen molar-refractivity contribution >= 4 is 43.4 Å². The lowest BCUT2D eigenvalue weighted by Crippen LogP contribution is -2.00. The number of anilines is 2. The van der Waals surface area contributed by atoms with Gasteiger partial charge in [0, 0.05) is 22.8 Å². The number of rotatable bonds is 2. The van der Waals surface area contributed by atoms with Crippen molar-refractivity contribution < 1.29 is 13.2 Å². The standard InChI is InChI=1S/C11H5Br2F3N2/c12-5-1-7(13)11(17-4-5)18-9-3-6(14)2-8(15)10(9)16/h1-4H,(H,17,18). The molecule has 1 aromatic heterocycles. The number of nitrogens with zero attached hydrogens (tertiary/aromatic N) is 1. The number of hydrogen-bond donors (Lipinski definition) is 1. The summed E-state index contributed by atoms with van der Waals surface area (Å²) in [5.41, 5.74) is -0.317. The number of pyridine rings is 1. The summed E-state index contributed by atoms with van der Waals surface area (Å²) in [5.74, 6) is -3.04. The molecule has 0 aliphatic carbocycles. The molecule has 0 spiro atoms. The Kier molecular flexibility index (Phi) is 3.91. The Bertz CT molecular complexity index is 605. The van der Waals surface area contributed by atoms with Crippen molar-refractivity contribution in [3.8, 4) is 0 Å². The summed E-state index contributed by atoms with van der Waals surface area (Å²) in [6, 6.07) is 3.00. The maximum atomic E-state index is 13.4. The van der Waals surface area contributed by atoms with Crippen LogP contribution in [0.4, 0.5) is 24.7 Å². The van der Waals surface area contributed by atoms with Gasteiger partial charge in [0.2, 0.25) is 0 Å². The topological polar surface area (TPSA) is 24.9 Å². The monoisotopic (exact) mass is 380 g/mol. The fourth-order valence-corrected chi connectivity index (χ4v) is 2.37. The van der Waals surface area contributed by atoms with Crippen molar-refractivity contribution in [3.05, 3.63) is 50.8 Å². The SMILES string of the molecule is Fc1cc(F)c(F)c(Nc2ncc(Br)cc2Br)c1. The molecule has 1 aromatic carbocycles. The number of hydrogen-bond acceptors (Lipinski definition) is 2. The van der Waals surface area contributed by atoms with Crippen LogP contribution in [0.5, 0.6) is 0 Å². The van der Waals surface area contributed by atoms with Crippen LogP contribution < -0.4 is 5.32 Å². The van der Waals surface area contributed by atoms with Crippen molar-refractivity contribution in [3.63, 3.8) is 0 Å². The largest absolute Gasteiger partial charge is 0.337 e. The van der Waals surface area contributed by atoms with Gasteiger partial charge in [0.1, 0.15) is 11.6 Å². The van der Waals surface area contributed by atoms with E-state index in [1.54, 1.807) is 6.07 Å². The fourth-order valence-electron chi connectivity index (χ4n) is 1.28. The molecule has 1 heterocycles. The molecule has 18 heavy (non-hydrogen) atoms. The van der Waals surface area contributed by atoms with Gasteiger partial charge in [-0.15, -0.1) is 0 Å². The normalized spacial score (nSPS) is 10.5. The van der Waals surface area contributed by atoms with Crippen LogP contribution in [0.15, 0.2) is 33.3 Å². The van der Waals surface area contributed by atoms with Gasteiger partial charge in [-0.3, -0.25) is 0 Å². The molecule has 0 amide bonds. The molecule has 94 valence electrons. The minimum Gasteiger partial charge on any atom is -0.337 e. The summed E-state index contributed by atoms with van der Waals surface area (Å²) >= 11 is 6.41. The van der Waals surface area contributed by atoms with Gasteiger partial charge in [-0.25, -0.2) is 18.2 Å². The third-order valence-electron chi connectivity index (χ3n) is 2.05. The molecule has 0 saturated carbocycles. The first kappa shape index (κ1) is 13.4. The zero-order valence-corrected chi connectivity index (χ0v) is 11.8. The molecule has 0 radical (unpaired) electrons. The van der Waals surface area contributed by atoms with E-state index in [0.29, 0.717) is 15.0 Å². The zero-order valence-electron chi connectivity index (χ0n) is 8.65. The van der Waals surface area contributed by atoms with Crippen LogP contribution in [0, 0.1) is 17.5 Å². The molecule has 2 rings (SSSR count). The van der Waals surface area contributed by atoms with Crippen molar-refractivity contribution in [2.45, 2.75) is 0 Å². The first-order valence-corrected chi connectivity index (χ1v) is 6.28. The van der Waals surface area contributed by atoms with E-state index in [1.165, 1.54) is 6.20 Å². The predicted octanol–water partition coefficient (Wildman–Crippen LogP) is 4.77. The maximum absolute atomic E-state index is 13.4. The molecule has 2 aromatic rings. The van der Waals surface area contributed by atoms with Crippen LogP contribution >= 0.6 is 31.9 Å². The molecule has 2 nitrogen and oxygen atoms in total. The van der Waals surface area contributed by atoms with Gasteiger partial charge in [0.25, 0.3) is 0 Å². The van der Waals surface area contributed by atoms with Crippen molar-refractivity contribution in [2.75, 3.05) is 5.32 Å². The highest BCUT2D eigenvalue weighted by atomic mass is 79.9. The van der Waals surface area contributed by atoms with Gasteiger partial charge < -0.3 is 5.32 Å². The second-order valence-corrected chi connectivity index (χ2v) is 5.13. The first-order chi connectivity index (χ1) is 8.47. The summed E-state index contributed by atoms with van der Waals surface area (Å²) in [4.78, 5) is 3.96. The Labute approximate surface area is 117 Å². The quantitative estimate of drug-likeness (QED) is 0.758. The first-order valence-electron chi connectivity index (χ1n) is 4.70. The van der Waals surface area contributed by atoms with Crippen LogP contribution in [-0.4, -0.2) is 4.98 Å². The summed E-state index contributed by atoms with van der Waals surface area (Å²) in [5, 5.41) is 2.52. The average Bonchev–Trinajstić information content (AvgIpc) is 2.29. The summed E-state index contributed by atoms with van der Waals surface area (Å²) in [7, 11) is 0. The number of nitrogens with one attached hydrogen (secondary N) is 1. The molecule has 0 atom stereocenters. The smallest absolute Gasteiger partial charge is 0.182 e. The minimum absolute atomic E-state index is 0.252. The lowest BCUT2D eigenvalue weighted by Gasteiger charge is -2.09. The van der Waals surface area contributed by atoms with Gasteiger partial charge in [0.15, 0.2) is 11.6 Å². The fraction of sp³-hybridized carbons (Fsp3) is 0. The molecular formula is C11H5Br2F3N2. The number of benzene rings is 1. The Morgan fingerprint density at radius 1 is 1.06 bits per heavy atom. The van der Waals surface area contributed by atoms with Crippen LogP contribution in [0.2, 0.25) is 0 Å². The van der Waals surface area contributed by atoms with Gasteiger partial charge in [-0.05, 0) is 37.9 Å². The Morgan fingerprint density at radius 3 is 2.44 bits per heavy atom. The third-order valence-corrected chi connectivity index (χ3v) is 3.09. The van der Waals surface area contributed by atoms with Crippen LogP contribution in [-0.2, 0) is 0 Å². The Balaban J connectivity index is 2.40. The Hall–Kier alpha value is -1.08. The van der Waals surface area contributed by atoms with E-state index < -0.39 is 17.5 Å². The van der Waals surface area contributed by atoms with E-state index in [1.807, 2.05) is 0 Å². The molecule has 7 heteroatoms. The van der Waals surface area contributed by atoms with Gasteiger partial charge in [-0.1, -0.05) is 0 Å². The van der Waals surface area contributed by atoms with Crippen molar-refractivity contribution in [1.29, 1.82) is 0 Å². The van der Waals surface area contributed by atoms with E-state index >= 15 is 0 Å².